The molecule has 0 spiro atoms. The van der Waals surface area contributed by atoms with Gasteiger partial charge in [-0.1, -0.05) is 0 Å². The van der Waals surface area contributed by atoms with E-state index in [9.17, 15) is 35.7 Å². The van der Waals surface area contributed by atoms with E-state index in [1.54, 1.807) is 0 Å². The summed E-state index contributed by atoms with van der Waals surface area (Å²) in [6.45, 7) is -1.35. The third kappa shape index (κ3) is 3.65. The van der Waals surface area contributed by atoms with Crippen LogP contribution in [-0.2, 0) is 14.2 Å². The lowest BCUT2D eigenvalue weighted by molar-refractivity contribution is -0.355. The number of ether oxygens (including phenoxy) is 3. The Hall–Kier alpha value is -0.440. The van der Waals surface area contributed by atoms with E-state index in [-0.39, 0.29) is 0 Å². The van der Waals surface area contributed by atoms with Crippen molar-refractivity contribution in [2.75, 3.05) is 13.2 Å². The molecule has 0 aromatic carbocycles. The highest BCUT2D eigenvalue weighted by atomic mass is 16.7. The summed E-state index contributed by atoms with van der Waals surface area (Å²) in [5, 5.41) is 76.5. The lowest BCUT2D eigenvalue weighted by atomic mass is 9.97. The molecular weight excluding hydrogens is 320 g/mol. The number of hydrogen-bond acceptors (Lipinski definition) is 11. The highest BCUT2D eigenvalue weighted by Crippen LogP contribution is 2.28. The van der Waals surface area contributed by atoms with Crippen LogP contribution < -0.4 is 0 Å². The van der Waals surface area contributed by atoms with Gasteiger partial charge in [-0.25, -0.2) is 0 Å². The minimum Gasteiger partial charge on any atom is -0.394 e. The third-order valence-corrected chi connectivity index (χ3v) is 3.98. The minimum atomic E-state index is -1.74. The van der Waals surface area contributed by atoms with E-state index in [1.165, 1.54) is 0 Å². The van der Waals surface area contributed by atoms with Crippen molar-refractivity contribution in [2.45, 2.75) is 61.4 Å². The molecule has 0 bridgehead atoms. The molecule has 2 aliphatic rings. The molecule has 0 aliphatic carbocycles. The van der Waals surface area contributed by atoms with Crippen molar-refractivity contribution >= 4 is 0 Å². The van der Waals surface area contributed by atoms with Crippen LogP contribution >= 0.6 is 0 Å². The van der Waals surface area contributed by atoms with E-state index < -0.39 is 74.6 Å². The first-order chi connectivity index (χ1) is 10.8. The molecule has 0 unspecified atom stereocenters. The second-order valence-electron chi connectivity index (χ2n) is 5.53. The summed E-state index contributed by atoms with van der Waals surface area (Å²) >= 11 is 0. The molecule has 0 aromatic heterocycles. The number of aliphatic hydroxyl groups is 8. The van der Waals surface area contributed by atoms with Crippen molar-refractivity contribution < 1.29 is 55.1 Å². The molecule has 11 nitrogen and oxygen atoms in total. The van der Waals surface area contributed by atoms with Crippen molar-refractivity contribution in [3.8, 4) is 0 Å². The van der Waals surface area contributed by atoms with E-state index in [0.29, 0.717) is 0 Å². The molecule has 0 radical (unpaired) electrons. The van der Waals surface area contributed by atoms with Crippen molar-refractivity contribution in [3.63, 3.8) is 0 Å². The van der Waals surface area contributed by atoms with E-state index in [4.69, 9.17) is 19.3 Å². The van der Waals surface area contributed by atoms with E-state index in [2.05, 4.69) is 0 Å². The standard InChI is InChI=1S/C12H22O11/c13-1-3-5(15)6(16)9(19)12(22-3)23-10-4(2-14)21-11(20)8(18)7(10)17/h3-20H,1-2H2/t3-,4-,5+,6-,7+,8+,9+,10+,11-,12+/m0/s1. The van der Waals surface area contributed by atoms with Gasteiger partial charge < -0.3 is 55.1 Å². The average molecular weight is 342 g/mol. The molecule has 2 aliphatic heterocycles. The summed E-state index contributed by atoms with van der Waals surface area (Å²) in [7, 11) is 0. The monoisotopic (exact) mass is 342 g/mol. The van der Waals surface area contributed by atoms with Crippen LogP contribution in [0.1, 0.15) is 0 Å². The molecule has 0 amide bonds. The first-order valence-corrected chi connectivity index (χ1v) is 7.08. The lowest BCUT2D eigenvalue weighted by Gasteiger charge is -2.45. The van der Waals surface area contributed by atoms with Gasteiger partial charge in [0.2, 0.25) is 0 Å². The SMILES string of the molecule is OC[C@@H]1O[C@H](O[C@H]2[C@H](O)[C@@H](O)[C@@H](O)O[C@H]2CO)[C@H](O)[C@@H](O)[C@@H]1O. The molecule has 2 saturated heterocycles. The summed E-state index contributed by atoms with van der Waals surface area (Å²) in [5.74, 6) is 0. The van der Waals surface area contributed by atoms with Gasteiger partial charge >= 0.3 is 0 Å². The third-order valence-electron chi connectivity index (χ3n) is 3.98. The Kier molecular flexibility index (Phi) is 6.27. The minimum absolute atomic E-state index is 0.667. The van der Waals surface area contributed by atoms with E-state index in [0.717, 1.165) is 0 Å². The normalized spacial score (nSPS) is 51.7. The van der Waals surface area contributed by atoms with E-state index in [1.807, 2.05) is 0 Å². The van der Waals surface area contributed by atoms with Gasteiger partial charge in [0.1, 0.15) is 48.8 Å². The molecule has 0 saturated carbocycles. The molecule has 0 aromatic rings. The summed E-state index contributed by atoms with van der Waals surface area (Å²) < 4.78 is 15.3. The van der Waals surface area contributed by atoms with Crippen LogP contribution in [0.5, 0.6) is 0 Å². The summed E-state index contributed by atoms with van der Waals surface area (Å²) in [6, 6.07) is 0. The number of hydrogen-bond donors (Lipinski definition) is 8. The Morgan fingerprint density at radius 3 is 1.83 bits per heavy atom. The fraction of sp³-hybridized carbons (Fsp3) is 1.00. The highest BCUT2D eigenvalue weighted by molar-refractivity contribution is 4.93. The number of aliphatic hydroxyl groups excluding tert-OH is 8. The molecule has 23 heavy (non-hydrogen) atoms. The van der Waals surface area contributed by atoms with Crippen LogP contribution in [0.3, 0.4) is 0 Å². The second kappa shape index (κ2) is 7.63. The molecule has 2 fully saturated rings. The quantitative estimate of drug-likeness (QED) is 0.243. The molecule has 2 heterocycles. The van der Waals surface area contributed by atoms with Crippen LogP contribution in [0, 0.1) is 0 Å². The maximum absolute atomic E-state index is 9.94. The topological polar surface area (TPSA) is 190 Å². The lowest BCUT2D eigenvalue weighted by Crippen LogP contribution is -2.64. The summed E-state index contributed by atoms with van der Waals surface area (Å²) in [4.78, 5) is 0. The molecule has 136 valence electrons. The van der Waals surface area contributed by atoms with Crippen LogP contribution in [0.25, 0.3) is 0 Å². The predicted octanol–water partition coefficient (Wildman–Crippen LogP) is -5.40. The van der Waals surface area contributed by atoms with Gasteiger partial charge in [0.15, 0.2) is 12.6 Å². The van der Waals surface area contributed by atoms with Crippen molar-refractivity contribution in [2.24, 2.45) is 0 Å². The van der Waals surface area contributed by atoms with Crippen molar-refractivity contribution in [1.29, 1.82) is 0 Å². The van der Waals surface area contributed by atoms with Gasteiger partial charge in [0.05, 0.1) is 13.2 Å². The second-order valence-corrected chi connectivity index (χ2v) is 5.53. The summed E-state index contributed by atoms with van der Waals surface area (Å²) in [5.41, 5.74) is 0. The Morgan fingerprint density at radius 2 is 1.26 bits per heavy atom. The Labute approximate surface area is 130 Å². The van der Waals surface area contributed by atoms with Crippen LogP contribution in [-0.4, -0.2) is 115 Å². The van der Waals surface area contributed by atoms with Crippen LogP contribution in [0.2, 0.25) is 0 Å². The fourth-order valence-electron chi connectivity index (χ4n) is 2.57. The smallest absolute Gasteiger partial charge is 0.187 e. The molecule has 11 heteroatoms. The zero-order chi connectivity index (χ0) is 17.3. The van der Waals surface area contributed by atoms with Gasteiger partial charge in [0.25, 0.3) is 0 Å². The Bertz CT molecular complexity index is 378. The maximum Gasteiger partial charge on any atom is 0.187 e. The maximum atomic E-state index is 9.94. The highest BCUT2D eigenvalue weighted by Gasteiger charge is 2.50. The predicted molar refractivity (Wildman–Crippen MR) is 68.6 cm³/mol. The van der Waals surface area contributed by atoms with Gasteiger partial charge in [-0.3, -0.25) is 0 Å². The van der Waals surface area contributed by atoms with E-state index >= 15 is 0 Å². The molecular formula is C12H22O11. The van der Waals surface area contributed by atoms with Crippen LogP contribution in [0.4, 0.5) is 0 Å². The molecule has 10 atom stereocenters. The largest absolute Gasteiger partial charge is 0.394 e. The molecule has 2 rings (SSSR count). The van der Waals surface area contributed by atoms with Gasteiger partial charge in [-0.15, -0.1) is 0 Å². The van der Waals surface area contributed by atoms with Gasteiger partial charge in [0, 0.05) is 0 Å². The average Bonchev–Trinajstić information content (AvgIpc) is 2.55. The fourth-order valence-corrected chi connectivity index (χ4v) is 2.57. The van der Waals surface area contributed by atoms with Crippen LogP contribution in [0.15, 0.2) is 0 Å². The van der Waals surface area contributed by atoms with Crippen molar-refractivity contribution in [3.05, 3.63) is 0 Å². The first kappa shape index (κ1) is 18.9. The first-order valence-electron chi connectivity index (χ1n) is 7.08. The summed E-state index contributed by atoms with van der Waals surface area (Å²) in [6.07, 6.45) is -15.6. The Balaban J connectivity index is 2.11. The van der Waals surface area contributed by atoms with Crippen molar-refractivity contribution in [1.82, 2.24) is 0 Å². The zero-order valence-electron chi connectivity index (χ0n) is 12.0. The Morgan fingerprint density at radius 1 is 0.652 bits per heavy atom. The number of rotatable bonds is 4. The van der Waals surface area contributed by atoms with Gasteiger partial charge in [-0.05, 0) is 0 Å². The molecule has 8 N–H and O–H groups in total. The zero-order valence-corrected chi connectivity index (χ0v) is 12.0. The van der Waals surface area contributed by atoms with Gasteiger partial charge in [-0.2, -0.15) is 0 Å².